The molecule has 1 unspecified atom stereocenters. The summed E-state index contributed by atoms with van der Waals surface area (Å²) in [5.41, 5.74) is 6.48. The summed E-state index contributed by atoms with van der Waals surface area (Å²) in [6.07, 6.45) is 0.837. The van der Waals surface area contributed by atoms with E-state index >= 15 is 0 Å². The number of aromatic nitrogens is 2. The predicted octanol–water partition coefficient (Wildman–Crippen LogP) is 2.04. The second kappa shape index (κ2) is 6.47. The van der Waals surface area contributed by atoms with E-state index in [0.717, 1.165) is 22.1 Å². The van der Waals surface area contributed by atoms with Gasteiger partial charge in [-0.2, -0.15) is 4.37 Å². The Labute approximate surface area is 121 Å². The van der Waals surface area contributed by atoms with Crippen LogP contribution in [0.15, 0.2) is 34.7 Å². The number of hydrogen-bond donors (Lipinski definition) is 2. The Balaban J connectivity index is 2.06. The molecule has 0 fully saturated rings. The second-order valence-electron chi connectivity index (χ2n) is 4.30. The quantitative estimate of drug-likeness (QED) is 0.798. The van der Waals surface area contributed by atoms with Gasteiger partial charge in [0, 0.05) is 12.2 Å². The summed E-state index contributed by atoms with van der Waals surface area (Å²) in [7, 11) is 0. The fraction of sp³-hybridized carbons (Fsp3) is 0.385. The molecule has 2 rings (SSSR count). The van der Waals surface area contributed by atoms with Crippen LogP contribution in [0.2, 0.25) is 0 Å². The number of nitrogens with zero attached hydrogens (tertiary/aromatic N) is 2. The van der Waals surface area contributed by atoms with E-state index < -0.39 is 5.54 Å². The standard InChI is InChI=1S/C13H17N3OS2/c1-2-11-15-12(19-16-11)18-9-13(14,8-17)10-6-4-3-5-7-10/h3-7,17H,2,8-9,14H2,1H3. The van der Waals surface area contributed by atoms with Crippen LogP contribution in [0.1, 0.15) is 18.3 Å². The van der Waals surface area contributed by atoms with Crippen LogP contribution in [0.4, 0.5) is 0 Å². The molecular formula is C13H17N3OS2. The summed E-state index contributed by atoms with van der Waals surface area (Å²) in [5.74, 6) is 1.44. The van der Waals surface area contributed by atoms with Gasteiger partial charge in [0.1, 0.15) is 5.82 Å². The Kier molecular flexibility index (Phi) is 4.93. The van der Waals surface area contributed by atoms with E-state index in [1.807, 2.05) is 37.3 Å². The van der Waals surface area contributed by atoms with Crippen molar-refractivity contribution in [3.63, 3.8) is 0 Å². The van der Waals surface area contributed by atoms with Crippen molar-refractivity contribution < 1.29 is 5.11 Å². The fourth-order valence-corrected chi connectivity index (χ4v) is 3.43. The van der Waals surface area contributed by atoms with Crippen molar-refractivity contribution in [3.8, 4) is 0 Å². The maximum Gasteiger partial charge on any atom is 0.170 e. The number of rotatable bonds is 6. The zero-order valence-corrected chi connectivity index (χ0v) is 12.4. The Morgan fingerprint density at radius 2 is 2.11 bits per heavy atom. The van der Waals surface area contributed by atoms with Crippen LogP contribution in [0, 0.1) is 0 Å². The van der Waals surface area contributed by atoms with E-state index in [9.17, 15) is 5.11 Å². The number of thioether (sulfide) groups is 1. The van der Waals surface area contributed by atoms with E-state index in [2.05, 4.69) is 9.36 Å². The molecule has 3 N–H and O–H groups in total. The maximum atomic E-state index is 9.60. The first kappa shape index (κ1) is 14.5. The molecule has 1 aromatic heterocycles. The molecular weight excluding hydrogens is 278 g/mol. The zero-order valence-electron chi connectivity index (χ0n) is 10.7. The minimum atomic E-state index is -0.746. The summed E-state index contributed by atoms with van der Waals surface area (Å²) >= 11 is 2.93. The third kappa shape index (κ3) is 3.54. The highest BCUT2D eigenvalue weighted by Crippen LogP contribution is 2.28. The lowest BCUT2D eigenvalue weighted by Gasteiger charge is -2.26. The van der Waals surface area contributed by atoms with E-state index in [-0.39, 0.29) is 6.61 Å². The van der Waals surface area contributed by atoms with Gasteiger partial charge < -0.3 is 10.8 Å². The van der Waals surface area contributed by atoms with Crippen molar-refractivity contribution in [2.45, 2.75) is 23.2 Å². The van der Waals surface area contributed by atoms with Crippen LogP contribution in [0.5, 0.6) is 0 Å². The highest BCUT2D eigenvalue weighted by atomic mass is 32.2. The molecule has 4 nitrogen and oxygen atoms in total. The van der Waals surface area contributed by atoms with Crippen LogP contribution >= 0.6 is 23.3 Å². The molecule has 2 aromatic rings. The van der Waals surface area contributed by atoms with E-state index in [1.165, 1.54) is 11.5 Å². The molecule has 0 bridgehead atoms. The third-order valence-electron chi connectivity index (χ3n) is 2.85. The van der Waals surface area contributed by atoms with Crippen molar-refractivity contribution in [1.29, 1.82) is 0 Å². The first-order chi connectivity index (χ1) is 9.18. The number of aliphatic hydroxyl groups is 1. The average molecular weight is 295 g/mol. The molecule has 0 radical (unpaired) electrons. The Hall–Kier alpha value is -0.950. The molecule has 0 aliphatic rings. The lowest BCUT2D eigenvalue weighted by molar-refractivity contribution is 0.213. The Morgan fingerprint density at radius 1 is 1.37 bits per heavy atom. The normalized spacial score (nSPS) is 14.3. The summed E-state index contributed by atoms with van der Waals surface area (Å²) in [6, 6.07) is 9.67. The van der Waals surface area contributed by atoms with Gasteiger partial charge in [-0.15, -0.1) is 0 Å². The molecule has 0 aliphatic carbocycles. The summed E-state index contributed by atoms with van der Waals surface area (Å²) in [4.78, 5) is 4.39. The minimum absolute atomic E-state index is 0.0938. The van der Waals surface area contributed by atoms with Crippen molar-refractivity contribution in [1.82, 2.24) is 9.36 Å². The largest absolute Gasteiger partial charge is 0.394 e. The van der Waals surface area contributed by atoms with Gasteiger partial charge in [-0.3, -0.25) is 0 Å². The van der Waals surface area contributed by atoms with Crippen molar-refractivity contribution >= 4 is 23.3 Å². The SMILES string of the molecule is CCc1nsc(SCC(N)(CO)c2ccccc2)n1. The average Bonchev–Trinajstić information content (AvgIpc) is 2.94. The second-order valence-corrected chi connectivity index (χ2v) is 6.27. The monoisotopic (exact) mass is 295 g/mol. The summed E-state index contributed by atoms with van der Waals surface area (Å²) in [6.45, 7) is 1.94. The fourth-order valence-electron chi connectivity index (χ4n) is 1.62. The zero-order chi connectivity index (χ0) is 13.7. The van der Waals surface area contributed by atoms with Gasteiger partial charge in [-0.25, -0.2) is 4.98 Å². The third-order valence-corrected chi connectivity index (χ3v) is 4.97. The molecule has 102 valence electrons. The molecule has 6 heteroatoms. The van der Waals surface area contributed by atoms with Gasteiger partial charge in [0.05, 0.1) is 12.1 Å². The summed E-state index contributed by atoms with van der Waals surface area (Å²) < 4.78 is 5.14. The predicted molar refractivity (Wildman–Crippen MR) is 79.4 cm³/mol. The minimum Gasteiger partial charge on any atom is -0.394 e. The van der Waals surface area contributed by atoms with E-state index in [1.54, 1.807) is 11.8 Å². The molecule has 1 atom stereocenters. The Bertz CT molecular complexity index is 518. The van der Waals surface area contributed by atoms with Gasteiger partial charge in [-0.1, -0.05) is 49.0 Å². The molecule has 0 spiro atoms. The number of nitrogens with two attached hydrogens (primary N) is 1. The topological polar surface area (TPSA) is 72.0 Å². The van der Waals surface area contributed by atoms with Gasteiger partial charge in [0.15, 0.2) is 4.34 Å². The molecule has 0 saturated heterocycles. The highest BCUT2D eigenvalue weighted by molar-refractivity contribution is 8.01. The lowest BCUT2D eigenvalue weighted by Crippen LogP contribution is -2.43. The first-order valence-corrected chi connectivity index (χ1v) is 7.84. The smallest absolute Gasteiger partial charge is 0.170 e. The van der Waals surface area contributed by atoms with E-state index in [4.69, 9.17) is 5.73 Å². The molecule has 1 heterocycles. The van der Waals surface area contributed by atoms with Crippen molar-refractivity contribution in [2.75, 3.05) is 12.4 Å². The van der Waals surface area contributed by atoms with Crippen LogP contribution in [0.3, 0.4) is 0 Å². The molecule has 0 amide bonds. The van der Waals surface area contributed by atoms with Crippen LogP contribution in [-0.2, 0) is 12.0 Å². The maximum absolute atomic E-state index is 9.60. The van der Waals surface area contributed by atoms with E-state index in [0.29, 0.717) is 5.75 Å². The van der Waals surface area contributed by atoms with Gasteiger partial charge in [0.25, 0.3) is 0 Å². The Morgan fingerprint density at radius 3 is 2.68 bits per heavy atom. The first-order valence-electron chi connectivity index (χ1n) is 6.08. The van der Waals surface area contributed by atoms with Gasteiger partial charge >= 0.3 is 0 Å². The number of hydrogen-bond acceptors (Lipinski definition) is 6. The van der Waals surface area contributed by atoms with Gasteiger partial charge in [-0.05, 0) is 17.1 Å². The molecule has 19 heavy (non-hydrogen) atoms. The van der Waals surface area contributed by atoms with Crippen molar-refractivity contribution in [3.05, 3.63) is 41.7 Å². The van der Waals surface area contributed by atoms with Crippen molar-refractivity contribution in [2.24, 2.45) is 5.73 Å². The lowest BCUT2D eigenvalue weighted by atomic mass is 9.94. The molecule has 0 saturated carbocycles. The number of aryl methyl sites for hydroxylation is 1. The molecule has 1 aromatic carbocycles. The van der Waals surface area contributed by atoms with Gasteiger partial charge in [0.2, 0.25) is 0 Å². The summed E-state index contributed by atoms with van der Waals surface area (Å²) in [5, 5.41) is 9.60. The molecule has 0 aliphatic heterocycles. The number of aliphatic hydroxyl groups excluding tert-OH is 1. The van der Waals surface area contributed by atoms with Crippen LogP contribution in [-0.4, -0.2) is 26.8 Å². The highest BCUT2D eigenvalue weighted by Gasteiger charge is 2.27. The van der Waals surface area contributed by atoms with Crippen LogP contribution in [0.25, 0.3) is 0 Å². The number of benzene rings is 1. The van der Waals surface area contributed by atoms with Crippen LogP contribution < -0.4 is 5.73 Å².